The van der Waals surface area contributed by atoms with E-state index in [1.807, 2.05) is 61.5 Å². The van der Waals surface area contributed by atoms with E-state index in [-0.39, 0.29) is 30.4 Å². The Morgan fingerprint density at radius 2 is 1.82 bits per heavy atom. The van der Waals surface area contributed by atoms with Crippen LogP contribution in [0.5, 0.6) is 11.5 Å². The van der Waals surface area contributed by atoms with Crippen molar-refractivity contribution in [1.29, 1.82) is 0 Å². The van der Waals surface area contributed by atoms with Crippen LogP contribution in [0.25, 0.3) is 0 Å². The molecule has 0 aromatic heterocycles. The molecule has 1 saturated heterocycles. The monoisotopic (exact) mass is 464 g/mol. The number of hydrogen-bond acceptors (Lipinski definition) is 6. The molecule has 2 unspecified atom stereocenters. The van der Waals surface area contributed by atoms with E-state index in [0.717, 1.165) is 16.9 Å². The molecule has 8 heteroatoms. The summed E-state index contributed by atoms with van der Waals surface area (Å²) in [5.41, 5.74) is 5.56. The van der Waals surface area contributed by atoms with Gasteiger partial charge in [-0.05, 0) is 49.9 Å². The highest BCUT2D eigenvalue weighted by molar-refractivity contribution is 5.89. The zero-order chi connectivity index (χ0) is 23.9. The Bertz CT molecular complexity index is 1030. The number of amides is 2. The number of carbonyl (C=O) groups excluding carboxylic acids is 2. The SMILES string of the molecule is CCOc1ccc(CCNC(=O)CN2C=CN3NC(c4ccccc4)CC3C2=O)cc1OCC. The highest BCUT2D eigenvalue weighted by Crippen LogP contribution is 2.31. The van der Waals surface area contributed by atoms with Gasteiger partial charge in [-0.2, -0.15) is 0 Å². The number of carbonyl (C=O) groups is 2. The number of benzene rings is 2. The van der Waals surface area contributed by atoms with E-state index in [2.05, 4.69) is 22.9 Å². The normalized spacial score (nSPS) is 19.2. The average molecular weight is 465 g/mol. The van der Waals surface area contributed by atoms with Crippen molar-refractivity contribution >= 4 is 11.8 Å². The molecular weight excluding hydrogens is 432 g/mol. The number of nitrogens with one attached hydrogen (secondary N) is 2. The lowest BCUT2D eigenvalue weighted by molar-refractivity contribution is -0.138. The summed E-state index contributed by atoms with van der Waals surface area (Å²) in [7, 11) is 0. The van der Waals surface area contributed by atoms with Crippen LogP contribution in [0, 0.1) is 0 Å². The van der Waals surface area contributed by atoms with Gasteiger partial charge in [0.25, 0.3) is 5.91 Å². The lowest BCUT2D eigenvalue weighted by Gasteiger charge is -2.31. The van der Waals surface area contributed by atoms with Crippen LogP contribution in [-0.4, -0.2) is 54.1 Å². The largest absolute Gasteiger partial charge is 0.490 e. The third-order valence-electron chi connectivity index (χ3n) is 5.93. The van der Waals surface area contributed by atoms with Crippen molar-refractivity contribution in [2.45, 2.75) is 38.8 Å². The molecule has 2 aliphatic heterocycles. The van der Waals surface area contributed by atoms with Gasteiger partial charge in [-0.15, -0.1) is 0 Å². The molecule has 2 aromatic carbocycles. The van der Waals surface area contributed by atoms with Crippen molar-refractivity contribution in [2.75, 3.05) is 26.3 Å². The zero-order valence-electron chi connectivity index (χ0n) is 19.7. The quantitative estimate of drug-likeness (QED) is 0.563. The Morgan fingerprint density at radius 3 is 2.59 bits per heavy atom. The lowest BCUT2D eigenvalue weighted by Crippen LogP contribution is -2.50. The van der Waals surface area contributed by atoms with Gasteiger partial charge in [0.2, 0.25) is 5.91 Å². The third-order valence-corrected chi connectivity index (χ3v) is 5.93. The summed E-state index contributed by atoms with van der Waals surface area (Å²) in [4.78, 5) is 27.0. The van der Waals surface area contributed by atoms with Crippen LogP contribution in [-0.2, 0) is 16.0 Å². The van der Waals surface area contributed by atoms with Crippen molar-refractivity contribution < 1.29 is 19.1 Å². The van der Waals surface area contributed by atoms with Crippen molar-refractivity contribution in [3.05, 3.63) is 72.1 Å². The number of hydrazine groups is 1. The molecule has 0 saturated carbocycles. The van der Waals surface area contributed by atoms with Crippen molar-refractivity contribution in [3.8, 4) is 11.5 Å². The fourth-order valence-electron chi connectivity index (χ4n) is 4.28. The Hall–Kier alpha value is -3.52. The minimum absolute atomic E-state index is 0.00313. The molecule has 2 amide bonds. The highest BCUT2D eigenvalue weighted by Gasteiger charge is 2.40. The van der Waals surface area contributed by atoms with Gasteiger partial charge in [0, 0.05) is 18.9 Å². The molecule has 4 rings (SSSR count). The molecular formula is C26H32N4O4. The number of hydrogen-bond donors (Lipinski definition) is 2. The average Bonchev–Trinajstić information content (AvgIpc) is 3.29. The highest BCUT2D eigenvalue weighted by atomic mass is 16.5. The van der Waals surface area contributed by atoms with Gasteiger partial charge in [0.15, 0.2) is 11.5 Å². The maximum Gasteiger partial charge on any atom is 0.251 e. The fourth-order valence-corrected chi connectivity index (χ4v) is 4.28. The molecule has 34 heavy (non-hydrogen) atoms. The molecule has 0 aliphatic carbocycles. The fraction of sp³-hybridized carbons (Fsp3) is 0.385. The molecule has 8 nitrogen and oxygen atoms in total. The third kappa shape index (κ3) is 5.51. The maximum absolute atomic E-state index is 13.0. The Labute approximate surface area is 200 Å². The molecule has 180 valence electrons. The predicted octanol–water partition coefficient (Wildman–Crippen LogP) is 2.78. The first-order valence-electron chi connectivity index (χ1n) is 11.8. The molecule has 1 fully saturated rings. The zero-order valence-corrected chi connectivity index (χ0v) is 19.7. The van der Waals surface area contributed by atoms with Crippen molar-refractivity contribution in [1.82, 2.24) is 20.7 Å². The number of nitrogens with zero attached hydrogens (tertiary/aromatic N) is 2. The number of fused-ring (bicyclic) bond motifs is 1. The van der Waals surface area contributed by atoms with E-state index < -0.39 is 0 Å². The summed E-state index contributed by atoms with van der Waals surface area (Å²) in [5.74, 6) is 1.17. The molecule has 2 heterocycles. The van der Waals surface area contributed by atoms with Gasteiger partial charge >= 0.3 is 0 Å². The second-order valence-corrected chi connectivity index (χ2v) is 8.26. The van der Waals surface area contributed by atoms with Gasteiger partial charge in [0.05, 0.1) is 19.3 Å². The molecule has 2 aliphatic rings. The van der Waals surface area contributed by atoms with E-state index in [1.54, 1.807) is 6.20 Å². The smallest absolute Gasteiger partial charge is 0.251 e. The second-order valence-electron chi connectivity index (χ2n) is 8.26. The van der Waals surface area contributed by atoms with Gasteiger partial charge in [-0.1, -0.05) is 36.4 Å². The summed E-state index contributed by atoms with van der Waals surface area (Å²) in [6.45, 7) is 5.46. The summed E-state index contributed by atoms with van der Waals surface area (Å²) in [5, 5.41) is 4.76. The van der Waals surface area contributed by atoms with E-state index in [9.17, 15) is 9.59 Å². The Kier molecular flexibility index (Phi) is 7.69. The Balaban J connectivity index is 1.27. The Morgan fingerprint density at radius 1 is 1.06 bits per heavy atom. The summed E-state index contributed by atoms with van der Waals surface area (Å²) in [6.07, 6.45) is 4.81. The molecule has 0 bridgehead atoms. The summed E-state index contributed by atoms with van der Waals surface area (Å²) < 4.78 is 11.3. The number of ether oxygens (including phenoxy) is 2. The van der Waals surface area contributed by atoms with Crippen LogP contribution in [0.4, 0.5) is 0 Å². The van der Waals surface area contributed by atoms with Crippen LogP contribution in [0.1, 0.15) is 37.4 Å². The second kappa shape index (κ2) is 11.1. The minimum atomic E-state index is -0.316. The van der Waals surface area contributed by atoms with E-state index >= 15 is 0 Å². The minimum Gasteiger partial charge on any atom is -0.490 e. The summed E-state index contributed by atoms with van der Waals surface area (Å²) >= 11 is 0. The lowest BCUT2D eigenvalue weighted by atomic mass is 10.0. The topological polar surface area (TPSA) is 83.1 Å². The maximum atomic E-state index is 13.0. The van der Waals surface area contributed by atoms with Gasteiger partial charge in [0.1, 0.15) is 12.6 Å². The van der Waals surface area contributed by atoms with Crippen LogP contribution in [0.15, 0.2) is 60.9 Å². The first-order chi connectivity index (χ1) is 16.6. The van der Waals surface area contributed by atoms with Gasteiger partial charge in [-0.25, -0.2) is 5.43 Å². The summed E-state index contributed by atoms with van der Waals surface area (Å²) in [6, 6.07) is 15.6. The molecule has 2 N–H and O–H groups in total. The van der Waals surface area contributed by atoms with E-state index in [4.69, 9.17) is 9.47 Å². The van der Waals surface area contributed by atoms with Crippen molar-refractivity contribution in [3.63, 3.8) is 0 Å². The predicted molar refractivity (Wildman–Crippen MR) is 129 cm³/mol. The molecule has 2 aromatic rings. The van der Waals surface area contributed by atoms with Gasteiger partial charge in [-0.3, -0.25) is 9.59 Å². The molecule has 0 radical (unpaired) electrons. The van der Waals surface area contributed by atoms with Gasteiger partial charge < -0.3 is 24.7 Å². The van der Waals surface area contributed by atoms with Crippen LogP contribution in [0.2, 0.25) is 0 Å². The molecule has 0 spiro atoms. The van der Waals surface area contributed by atoms with Crippen LogP contribution < -0.4 is 20.2 Å². The van der Waals surface area contributed by atoms with E-state index in [1.165, 1.54) is 4.90 Å². The standard InChI is InChI=1S/C26H32N4O4/c1-3-33-23-11-10-19(16-24(23)34-4-2)12-13-27-25(31)18-29-14-15-30-22(26(29)32)17-21(28-30)20-8-6-5-7-9-20/h5-11,14-16,21-22,28H,3-4,12-13,17-18H2,1-2H3,(H,27,31). The first-order valence-corrected chi connectivity index (χ1v) is 11.8. The first kappa shape index (κ1) is 23.6. The number of rotatable bonds is 10. The van der Waals surface area contributed by atoms with Crippen LogP contribution >= 0.6 is 0 Å². The van der Waals surface area contributed by atoms with Crippen LogP contribution in [0.3, 0.4) is 0 Å². The van der Waals surface area contributed by atoms with E-state index in [0.29, 0.717) is 38.3 Å². The van der Waals surface area contributed by atoms with Crippen molar-refractivity contribution in [2.24, 2.45) is 0 Å². The molecule has 2 atom stereocenters.